The van der Waals surface area contributed by atoms with E-state index < -0.39 is 12.1 Å². The second kappa shape index (κ2) is 9.75. The fraction of sp³-hybridized carbons (Fsp3) is 0.600. The summed E-state index contributed by atoms with van der Waals surface area (Å²) in [7, 11) is 3.05. The van der Waals surface area contributed by atoms with Gasteiger partial charge in [0.15, 0.2) is 18.1 Å². The van der Waals surface area contributed by atoms with Gasteiger partial charge < -0.3 is 34.5 Å². The highest BCUT2D eigenvalue weighted by atomic mass is 16.5. The molecule has 190 valence electrons. The minimum absolute atomic E-state index is 0.00890. The second-order valence-corrected chi connectivity index (χ2v) is 10.0. The summed E-state index contributed by atoms with van der Waals surface area (Å²) in [6, 6.07) is 3.53. The molecule has 3 fully saturated rings. The van der Waals surface area contributed by atoms with Gasteiger partial charge in [-0.3, -0.25) is 14.4 Å². The molecule has 10 nitrogen and oxygen atoms in total. The first kappa shape index (κ1) is 24.8. The normalized spacial score (nSPS) is 26.9. The molecule has 1 aromatic carbocycles. The summed E-state index contributed by atoms with van der Waals surface area (Å²) in [5.74, 6) is 0.620. The van der Waals surface area contributed by atoms with Crippen LogP contribution in [0.25, 0.3) is 0 Å². The van der Waals surface area contributed by atoms with Crippen LogP contribution < -0.4 is 24.8 Å². The van der Waals surface area contributed by atoms with Gasteiger partial charge in [0.05, 0.1) is 20.3 Å². The van der Waals surface area contributed by atoms with Gasteiger partial charge in [-0.25, -0.2) is 0 Å². The van der Waals surface area contributed by atoms with Crippen molar-refractivity contribution in [2.45, 2.75) is 38.8 Å². The standard InChI is InChI=1S/C25H33N3O7/c1-25(2)17-11-28(20(30)13-35-16-5-6-18(33-3)19(10-16)34-4)22(21(17)25)24(32)27-15(12-29)9-14-7-8-26-23(14)31/h5-6,10,12,14-15,17,21-22H,7-9,11,13H2,1-4H3,(H,26,31)(H,27,32)/t14-,15-,17-,21-,22+/m0/s1. The third-order valence-electron chi connectivity index (χ3n) is 7.71. The molecular formula is C25H33N3O7. The van der Waals surface area contributed by atoms with Crippen LogP contribution in [0.5, 0.6) is 17.2 Å². The number of rotatable bonds is 10. The van der Waals surface area contributed by atoms with Crippen LogP contribution >= 0.6 is 0 Å². The number of nitrogens with zero attached hydrogens (tertiary/aromatic N) is 1. The lowest BCUT2D eigenvalue weighted by molar-refractivity contribution is -0.142. The number of likely N-dealkylation sites (tertiary alicyclic amines) is 1. The van der Waals surface area contributed by atoms with Crippen molar-refractivity contribution in [2.24, 2.45) is 23.2 Å². The Hall–Kier alpha value is -3.30. The summed E-state index contributed by atoms with van der Waals surface area (Å²) >= 11 is 0. The summed E-state index contributed by atoms with van der Waals surface area (Å²) < 4.78 is 16.2. The third kappa shape index (κ3) is 4.78. The number of hydrogen-bond donors (Lipinski definition) is 2. The first-order valence-electron chi connectivity index (χ1n) is 11.9. The molecule has 0 bridgehead atoms. The number of carbonyl (C=O) groups excluding carboxylic acids is 4. The molecule has 0 radical (unpaired) electrons. The van der Waals surface area contributed by atoms with E-state index in [9.17, 15) is 19.2 Å². The number of benzene rings is 1. The Morgan fingerprint density at radius 3 is 2.63 bits per heavy atom. The van der Waals surface area contributed by atoms with E-state index in [1.54, 1.807) is 23.1 Å². The molecule has 0 spiro atoms. The lowest BCUT2D eigenvalue weighted by atomic mass is 9.97. The van der Waals surface area contributed by atoms with Crippen molar-refractivity contribution in [3.8, 4) is 17.2 Å². The van der Waals surface area contributed by atoms with Gasteiger partial charge in [-0.1, -0.05) is 13.8 Å². The van der Waals surface area contributed by atoms with Crippen LogP contribution in [0.3, 0.4) is 0 Å². The molecule has 1 saturated carbocycles. The molecule has 1 aliphatic carbocycles. The van der Waals surface area contributed by atoms with E-state index in [0.29, 0.717) is 43.0 Å². The topological polar surface area (TPSA) is 123 Å². The summed E-state index contributed by atoms with van der Waals surface area (Å²) in [6.45, 7) is 4.97. The molecule has 2 saturated heterocycles. The van der Waals surface area contributed by atoms with Crippen molar-refractivity contribution >= 4 is 24.0 Å². The zero-order valence-corrected chi connectivity index (χ0v) is 20.5. The Labute approximate surface area is 204 Å². The maximum atomic E-state index is 13.3. The van der Waals surface area contributed by atoms with Crippen LogP contribution in [0.1, 0.15) is 26.7 Å². The van der Waals surface area contributed by atoms with E-state index in [2.05, 4.69) is 24.5 Å². The molecule has 0 aromatic heterocycles. The van der Waals surface area contributed by atoms with Crippen LogP contribution in [0.2, 0.25) is 0 Å². The number of amides is 3. The molecule has 3 amide bonds. The second-order valence-electron chi connectivity index (χ2n) is 10.0. The van der Waals surface area contributed by atoms with Gasteiger partial charge in [-0.05, 0) is 42.2 Å². The van der Waals surface area contributed by atoms with Crippen LogP contribution in [-0.2, 0) is 19.2 Å². The highest BCUT2D eigenvalue weighted by Gasteiger charge is 2.69. The molecule has 10 heteroatoms. The Bertz CT molecular complexity index is 1010. The Morgan fingerprint density at radius 1 is 1.26 bits per heavy atom. The SMILES string of the molecule is COc1ccc(OCC(=O)N2C[C@H]3[C@@H]([C@@H]2C(=O)N[C@H](C=O)C[C@@H]2CCNC2=O)C3(C)C)cc1OC. The number of fused-ring (bicyclic) bond motifs is 1. The van der Waals surface area contributed by atoms with Gasteiger partial charge in [0.25, 0.3) is 5.91 Å². The lowest BCUT2D eigenvalue weighted by Crippen LogP contribution is -2.53. The van der Waals surface area contributed by atoms with Crippen molar-refractivity contribution in [1.29, 1.82) is 0 Å². The number of hydrogen-bond acceptors (Lipinski definition) is 7. The van der Waals surface area contributed by atoms with Crippen molar-refractivity contribution in [3.63, 3.8) is 0 Å². The van der Waals surface area contributed by atoms with Crippen molar-refractivity contribution in [2.75, 3.05) is 33.9 Å². The Morgan fingerprint density at radius 2 is 2.00 bits per heavy atom. The summed E-state index contributed by atoms with van der Waals surface area (Å²) in [5.41, 5.74) is -0.0645. The number of piperidine rings is 1. The minimum Gasteiger partial charge on any atom is -0.493 e. The first-order chi connectivity index (χ1) is 16.7. The summed E-state index contributed by atoms with van der Waals surface area (Å²) in [5, 5.41) is 5.53. The van der Waals surface area contributed by atoms with E-state index in [1.807, 2.05) is 0 Å². The van der Waals surface area contributed by atoms with Crippen LogP contribution in [0.4, 0.5) is 0 Å². The van der Waals surface area contributed by atoms with Crippen LogP contribution in [-0.4, -0.2) is 74.9 Å². The van der Waals surface area contributed by atoms with Crippen LogP contribution in [0, 0.1) is 23.2 Å². The zero-order valence-electron chi connectivity index (χ0n) is 20.5. The van der Waals surface area contributed by atoms with Crippen molar-refractivity contribution in [1.82, 2.24) is 15.5 Å². The van der Waals surface area contributed by atoms with Crippen molar-refractivity contribution in [3.05, 3.63) is 18.2 Å². The van der Waals surface area contributed by atoms with E-state index in [1.165, 1.54) is 14.2 Å². The van der Waals surface area contributed by atoms with E-state index in [4.69, 9.17) is 14.2 Å². The number of aldehydes is 1. The van der Waals surface area contributed by atoms with Crippen LogP contribution in [0.15, 0.2) is 18.2 Å². The lowest BCUT2D eigenvalue weighted by Gasteiger charge is -2.31. The van der Waals surface area contributed by atoms with E-state index >= 15 is 0 Å². The fourth-order valence-corrected chi connectivity index (χ4v) is 5.57. The largest absolute Gasteiger partial charge is 0.493 e. The minimum atomic E-state index is -0.780. The fourth-order valence-electron chi connectivity index (χ4n) is 5.57. The maximum Gasteiger partial charge on any atom is 0.261 e. The molecule has 3 aliphatic rings. The predicted octanol–water partition coefficient (Wildman–Crippen LogP) is 0.776. The highest BCUT2D eigenvalue weighted by molar-refractivity contribution is 5.91. The first-order valence-corrected chi connectivity index (χ1v) is 11.9. The Balaban J connectivity index is 1.41. The maximum absolute atomic E-state index is 13.3. The van der Waals surface area contributed by atoms with Gasteiger partial charge >= 0.3 is 0 Å². The van der Waals surface area contributed by atoms with Gasteiger partial charge in [0.1, 0.15) is 18.1 Å². The summed E-state index contributed by atoms with van der Waals surface area (Å²) in [4.78, 5) is 51.5. The zero-order chi connectivity index (χ0) is 25.3. The molecule has 2 N–H and O–H groups in total. The average molecular weight is 488 g/mol. The van der Waals surface area contributed by atoms with Gasteiger partial charge in [0, 0.05) is 25.1 Å². The third-order valence-corrected chi connectivity index (χ3v) is 7.71. The number of methoxy groups -OCH3 is 2. The van der Waals surface area contributed by atoms with E-state index in [-0.39, 0.29) is 53.9 Å². The molecule has 0 unspecified atom stereocenters. The molecule has 2 heterocycles. The monoisotopic (exact) mass is 487 g/mol. The number of ether oxygens (including phenoxy) is 3. The molecule has 1 aromatic rings. The number of nitrogens with one attached hydrogen (secondary N) is 2. The van der Waals surface area contributed by atoms with E-state index in [0.717, 1.165) is 0 Å². The number of carbonyl (C=O) groups is 4. The van der Waals surface area contributed by atoms with Gasteiger partial charge in [0.2, 0.25) is 11.8 Å². The quantitative estimate of drug-likeness (QED) is 0.468. The molecular weight excluding hydrogens is 454 g/mol. The molecule has 5 atom stereocenters. The average Bonchev–Trinajstić information content (AvgIpc) is 3.21. The molecule has 4 rings (SSSR count). The smallest absolute Gasteiger partial charge is 0.261 e. The molecule has 35 heavy (non-hydrogen) atoms. The predicted molar refractivity (Wildman–Crippen MR) is 125 cm³/mol. The van der Waals surface area contributed by atoms with Gasteiger partial charge in [-0.2, -0.15) is 0 Å². The van der Waals surface area contributed by atoms with Crippen molar-refractivity contribution < 1.29 is 33.4 Å². The highest BCUT2D eigenvalue weighted by Crippen LogP contribution is 2.64. The molecule has 2 aliphatic heterocycles. The van der Waals surface area contributed by atoms with Gasteiger partial charge in [-0.15, -0.1) is 0 Å². The summed E-state index contributed by atoms with van der Waals surface area (Å²) in [6.07, 6.45) is 1.56. The Kier molecular flexibility index (Phi) is 6.91.